The number of rotatable bonds is 8. The van der Waals surface area contributed by atoms with Crippen LogP contribution in [0.4, 0.5) is 0 Å². The van der Waals surface area contributed by atoms with Gasteiger partial charge in [-0.1, -0.05) is 60.8 Å². The average molecular weight is 577 g/mol. The molecule has 1 aromatic carbocycles. The van der Waals surface area contributed by atoms with Crippen molar-refractivity contribution in [3.05, 3.63) is 47.5 Å². The number of terminal acetylenes is 1. The van der Waals surface area contributed by atoms with E-state index < -0.39 is 29.6 Å². The van der Waals surface area contributed by atoms with Crippen molar-refractivity contribution < 1.29 is 29.4 Å². The molecule has 0 unspecified atom stereocenters. The van der Waals surface area contributed by atoms with E-state index in [-0.39, 0.29) is 24.0 Å². The molecule has 1 aromatic rings. The van der Waals surface area contributed by atoms with E-state index in [9.17, 15) is 19.8 Å². The Labute approximate surface area is 248 Å². The lowest BCUT2D eigenvalue weighted by Crippen LogP contribution is -2.54. The van der Waals surface area contributed by atoms with Gasteiger partial charge < -0.3 is 25.1 Å². The summed E-state index contributed by atoms with van der Waals surface area (Å²) in [4.78, 5) is 30.6. The molecule has 3 fully saturated rings. The van der Waals surface area contributed by atoms with Crippen molar-refractivity contribution in [1.29, 1.82) is 0 Å². The number of carbonyl (C=O) groups excluding carboxylic acids is 2. The standard InChI is InChI=1S/C34H44N2O6/c1-5-34(40)19-16-27-25-13-12-23-20-24(14-17-32(23,3)26(25)15-18-33(27,34)4)36-42-21-28(37)35-29(31(39)41-6-2)30(38)22-10-8-7-9-11-22/h1,7-11,20,25-27,29-30,38,40H,6,12-19,21H2,2-4H3,(H,35,37)/t25-,26+,27-,29+,30+,32-,33-,34-/m1/s1. The molecule has 1 amide bonds. The minimum Gasteiger partial charge on any atom is -0.464 e. The maximum atomic E-state index is 12.7. The Hall–Kier alpha value is -3.15. The van der Waals surface area contributed by atoms with E-state index in [0.29, 0.717) is 29.7 Å². The number of hydrogen-bond acceptors (Lipinski definition) is 7. The summed E-state index contributed by atoms with van der Waals surface area (Å²) in [7, 11) is 0. The smallest absolute Gasteiger partial charge is 0.331 e. The van der Waals surface area contributed by atoms with Crippen LogP contribution in [-0.2, 0) is 19.2 Å². The molecule has 0 spiro atoms. The molecule has 4 aliphatic carbocycles. The van der Waals surface area contributed by atoms with Crippen LogP contribution in [-0.4, -0.2) is 52.7 Å². The van der Waals surface area contributed by atoms with Crippen molar-refractivity contribution in [1.82, 2.24) is 5.32 Å². The van der Waals surface area contributed by atoms with Gasteiger partial charge in [-0.2, -0.15) is 0 Å². The molecule has 0 heterocycles. The maximum absolute atomic E-state index is 12.7. The van der Waals surface area contributed by atoms with Crippen molar-refractivity contribution >= 4 is 17.6 Å². The molecule has 5 rings (SSSR count). The second-order valence-electron chi connectivity index (χ2n) is 13.0. The Morgan fingerprint density at radius 3 is 2.57 bits per heavy atom. The van der Waals surface area contributed by atoms with Gasteiger partial charge in [-0.15, -0.1) is 6.42 Å². The van der Waals surface area contributed by atoms with E-state index in [1.165, 1.54) is 5.57 Å². The Morgan fingerprint density at radius 2 is 1.86 bits per heavy atom. The van der Waals surface area contributed by atoms with Gasteiger partial charge >= 0.3 is 5.97 Å². The lowest BCUT2D eigenvalue weighted by Gasteiger charge is -2.58. The molecule has 8 atom stereocenters. The fraction of sp³-hybridized carbons (Fsp3) is 0.618. The van der Waals surface area contributed by atoms with E-state index >= 15 is 0 Å². The van der Waals surface area contributed by atoms with Crippen LogP contribution in [0.25, 0.3) is 0 Å². The van der Waals surface area contributed by atoms with Crippen LogP contribution in [0, 0.1) is 40.9 Å². The molecular formula is C34H44N2O6. The third-order valence-electron chi connectivity index (χ3n) is 11.1. The van der Waals surface area contributed by atoms with Gasteiger partial charge in [0.2, 0.25) is 0 Å². The first-order valence-corrected chi connectivity index (χ1v) is 15.4. The summed E-state index contributed by atoms with van der Waals surface area (Å²) in [5.74, 6) is 3.03. The number of benzene rings is 1. The minimum atomic E-state index is -1.27. The number of hydrogen-bond donors (Lipinski definition) is 3. The molecule has 8 heteroatoms. The van der Waals surface area contributed by atoms with Crippen LogP contribution < -0.4 is 5.32 Å². The molecule has 0 bridgehead atoms. The summed E-state index contributed by atoms with van der Waals surface area (Å²) < 4.78 is 5.08. The highest BCUT2D eigenvalue weighted by atomic mass is 16.6. The highest BCUT2D eigenvalue weighted by Gasteiger charge is 2.63. The number of oxime groups is 1. The summed E-state index contributed by atoms with van der Waals surface area (Å²) in [6.45, 7) is 6.01. The number of carbonyl (C=O) groups is 2. The first-order chi connectivity index (χ1) is 20.1. The molecule has 3 saturated carbocycles. The fourth-order valence-electron chi connectivity index (χ4n) is 8.63. The number of aliphatic hydroxyl groups is 2. The van der Waals surface area contributed by atoms with Crippen LogP contribution >= 0.6 is 0 Å². The Kier molecular flexibility index (Phi) is 8.55. The van der Waals surface area contributed by atoms with Gasteiger partial charge in [0.25, 0.3) is 5.91 Å². The van der Waals surface area contributed by atoms with Crippen molar-refractivity contribution in [3.63, 3.8) is 0 Å². The number of nitrogens with zero attached hydrogens (tertiary/aromatic N) is 1. The van der Waals surface area contributed by atoms with Crippen molar-refractivity contribution in [2.45, 2.75) is 89.9 Å². The fourth-order valence-corrected chi connectivity index (χ4v) is 8.63. The van der Waals surface area contributed by atoms with Crippen molar-refractivity contribution in [3.8, 4) is 12.3 Å². The Bertz CT molecular complexity index is 1290. The zero-order valence-electron chi connectivity index (χ0n) is 25.0. The first kappa shape index (κ1) is 30.3. The first-order valence-electron chi connectivity index (χ1n) is 15.4. The van der Waals surface area contributed by atoms with E-state index in [0.717, 1.165) is 50.7 Å². The van der Waals surface area contributed by atoms with Gasteiger partial charge in [-0.3, -0.25) is 4.79 Å². The number of ether oxygens (including phenoxy) is 1. The average Bonchev–Trinajstić information content (AvgIpc) is 3.27. The second-order valence-corrected chi connectivity index (χ2v) is 13.0. The second kappa shape index (κ2) is 11.9. The van der Waals surface area contributed by atoms with Crippen LogP contribution in [0.3, 0.4) is 0 Å². The SMILES string of the molecule is C#C[C@@]1(O)CC[C@@H]2[C@@H]3CCC4=CC(=NOCC(=O)N[C@H](C(=O)OCC)[C@@H](O)c5ccccc5)CC[C@@]4(C)[C@H]3CC[C@]21C. The normalized spacial score (nSPS) is 35.9. The largest absolute Gasteiger partial charge is 0.464 e. The predicted molar refractivity (Wildman–Crippen MR) is 159 cm³/mol. The molecular weight excluding hydrogens is 532 g/mol. The molecule has 4 aliphatic rings. The van der Waals surface area contributed by atoms with Crippen LogP contribution in [0.15, 0.2) is 47.1 Å². The van der Waals surface area contributed by atoms with E-state index in [1.807, 2.05) is 0 Å². The van der Waals surface area contributed by atoms with Crippen molar-refractivity contribution in [2.24, 2.45) is 33.7 Å². The lowest BCUT2D eigenvalue weighted by atomic mass is 9.46. The minimum absolute atomic E-state index is 0.0813. The van der Waals surface area contributed by atoms with Crippen LogP contribution in [0.1, 0.15) is 83.8 Å². The third-order valence-corrected chi connectivity index (χ3v) is 11.1. The predicted octanol–water partition coefficient (Wildman–Crippen LogP) is 4.47. The summed E-state index contributed by atoms with van der Waals surface area (Å²) in [5, 5.41) is 28.8. The van der Waals surface area contributed by atoms with E-state index in [4.69, 9.17) is 16.0 Å². The summed E-state index contributed by atoms with van der Waals surface area (Å²) in [6, 6.07) is 7.39. The molecule has 226 valence electrons. The van der Waals surface area contributed by atoms with Gasteiger partial charge in [0, 0.05) is 5.41 Å². The van der Waals surface area contributed by atoms with Gasteiger partial charge in [-0.05, 0) is 93.1 Å². The van der Waals surface area contributed by atoms with E-state index in [1.54, 1.807) is 37.3 Å². The molecule has 3 N–H and O–H groups in total. The Balaban J connectivity index is 1.21. The number of aliphatic hydroxyl groups excluding tert-OH is 1. The van der Waals surface area contributed by atoms with Crippen LogP contribution in [0.5, 0.6) is 0 Å². The summed E-state index contributed by atoms with van der Waals surface area (Å²) in [6.07, 6.45) is 14.2. The molecule has 42 heavy (non-hydrogen) atoms. The highest BCUT2D eigenvalue weighted by molar-refractivity contribution is 5.96. The van der Waals surface area contributed by atoms with Gasteiger partial charge in [-0.25, -0.2) is 4.79 Å². The van der Waals surface area contributed by atoms with Crippen molar-refractivity contribution in [2.75, 3.05) is 13.2 Å². The summed E-state index contributed by atoms with van der Waals surface area (Å²) in [5.41, 5.74) is 1.57. The molecule has 0 radical (unpaired) electrons. The molecule has 8 nitrogen and oxygen atoms in total. The topological polar surface area (TPSA) is 117 Å². The number of nitrogens with one attached hydrogen (secondary N) is 1. The number of fused-ring (bicyclic) bond motifs is 5. The third kappa shape index (κ3) is 5.26. The van der Waals surface area contributed by atoms with Gasteiger partial charge in [0.15, 0.2) is 12.6 Å². The summed E-state index contributed by atoms with van der Waals surface area (Å²) >= 11 is 0. The van der Waals surface area contributed by atoms with Crippen LogP contribution in [0.2, 0.25) is 0 Å². The number of amides is 1. The Morgan fingerprint density at radius 1 is 1.12 bits per heavy atom. The zero-order chi connectivity index (χ0) is 30.1. The zero-order valence-corrected chi connectivity index (χ0v) is 25.0. The lowest BCUT2D eigenvalue weighted by molar-refractivity contribution is -0.151. The quantitative estimate of drug-likeness (QED) is 0.239. The highest BCUT2D eigenvalue weighted by Crippen LogP contribution is 2.67. The van der Waals surface area contributed by atoms with Gasteiger partial charge in [0.1, 0.15) is 11.7 Å². The molecule has 0 aromatic heterocycles. The molecule has 0 saturated heterocycles. The maximum Gasteiger partial charge on any atom is 0.331 e. The number of esters is 1. The van der Waals surface area contributed by atoms with Gasteiger partial charge in [0.05, 0.1) is 12.3 Å². The number of allylic oxidation sites excluding steroid dienone is 2. The van der Waals surface area contributed by atoms with E-state index in [2.05, 4.69) is 36.3 Å². The molecule has 0 aliphatic heterocycles. The monoisotopic (exact) mass is 576 g/mol.